The Hall–Kier alpha value is -3.23. The van der Waals surface area contributed by atoms with Crippen LogP contribution in [0, 0.1) is 5.82 Å². The number of ether oxygens (including phenoxy) is 2. The number of aromatic nitrogens is 2. The average molecular weight is 389 g/mol. The van der Waals surface area contributed by atoms with Crippen LogP contribution in [-0.2, 0) is 29.0 Å². The first-order valence-corrected chi connectivity index (χ1v) is 8.79. The third kappa shape index (κ3) is 3.73. The van der Waals surface area contributed by atoms with Gasteiger partial charge < -0.3 is 14.8 Å². The number of hydrogen-bond donors (Lipinski definition) is 1. The number of fused-ring (bicyclic) bond motifs is 1. The number of hydrogen-bond acceptors (Lipinski definition) is 6. The minimum atomic E-state index is -0.854. The Morgan fingerprint density at radius 3 is 2.61 bits per heavy atom. The molecule has 2 aromatic rings. The zero-order valence-electron chi connectivity index (χ0n) is 15.6. The summed E-state index contributed by atoms with van der Waals surface area (Å²) in [5.41, 5.74) is 1.36. The monoisotopic (exact) mass is 389 g/mol. The van der Waals surface area contributed by atoms with Gasteiger partial charge in [-0.3, -0.25) is 9.48 Å². The second kappa shape index (κ2) is 8.20. The lowest BCUT2D eigenvalue weighted by Crippen LogP contribution is -2.24. The summed E-state index contributed by atoms with van der Waals surface area (Å²) >= 11 is 0. The van der Waals surface area contributed by atoms with Crippen LogP contribution in [0.1, 0.15) is 55.3 Å². The first-order chi connectivity index (χ1) is 13.5. The number of halogens is 1. The summed E-state index contributed by atoms with van der Waals surface area (Å²) in [4.78, 5) is 36.0. The summed E-state index contributed by atoms with van der Waals surface area (Å²) in [5.74, 6) is -2.74. The molecule has 9 heteroatoms. The topological polar surface area (TPSA) is 99.5 Å². The van der Waals surface area contributed by atoms with Crippen molar-refractivity contribution in [3.05, 3.63) is 52.1 Å². The van der Waals surface area contributed by atoms with E-state index in [9.17, 15) is 18.8 Å². The molecule has 1 aromatic heterocycles. The van der Waals surface area contributed by atoms with E-state index in [0.717, 1.165) is 31.7 Å². The zero-order chi connectivity index (χ0) is 20.3. The molecule has 28 heavy (non-hydrogen) atoms. The molecule has 0 unspecified atom stereocenters. The first-order valence-electron chi connectivity index (χ1n) is 8.79. The lowest BCUT2D eigenvalue weighted by molar-refractivity contribution is 0.0587. The second-order valence-electron chi connectivity index (χ2n) is 6.31. The first kappa shape index (κ1) is 19.5. The molecule has 0 fully saturated rings. The van der Waals surface area contributed by atoms with Crippen molar-refractivity contribution in [2.24, 2.45) is 0 Å². The van der Waals surface area contributed by atoms with E-state index in [4.69, 9.17) is 4.74 Å². The van der Waals surface area contributed by atoms with Gasteiger partial charge in [-0.25, -0.2) is 14.0 Å². The number of methoxy groups -OCH3 is 2. The van der Waals surface area contributed by atoms with Crippen LogP contribution in [0.3, 0.4) is 0 Å². The predicted octanol–water partition coefficient (Wildman–Crippen LogP) is 1.86. The highest BCUT2D eigenvalue weighted by Gasteiger charge is 2.26. The van der Waals surface area contributed by atoms with E-state index in [1.54, 1.807) is 4.68 Å². The highest BCUT2D eigenvalue weighted by molar-refractivity contribution is 5.96. The molecule has 0 aliphatic carbocycles. The SMILES string of the molecule is COC(=O)c1ccc(C(=O)NCc2nn3c(c2C(=O)OC)CCCC3)cc1F. The van der Waals surface area contributed by atoms with Gasteiger partial charge >= 0.3 is 11.9 Å². The van der Waals surface area contributed by atoms with Gasteiger partial charge in [0.05, 0.1) is 37.7 Å². The molecule has 2 heterocycles. The van der Waals surface area contributed by atoms with Crippen LogP contribution in [0.15, 0.2) is 18.2 Å². The van der Waals surface area contributed by atoms with Gasteiger partial charge in [-0.2, -0.15) is 5.10 Å². The van der Waals surface area contributed by atoms with Crippen molar-refractivity contribution >= 4 is 17.8 Å². The summed E-state index contributed by atoms with van der Waals surface area (Å²) in [6, 6.07) is 3.47. The molecule has 1 N–H and O–H groups in total. The summed E-state index contributed by atoms with van der Waals surface area (Å²) in [6.45, 7) is 0.692. The second-order valence-corrected chi connectivity index (χ2v) is 6.31. The van der Waals surface area contributed by atoms with E-state index in [1.807, 2.05) is 0 Å². The van der Waals surface area contributed by atoms with Crippen LogP contribution in [0.5, 0.6) is 0 Å². The Labute approximate surface area is 160 Å². The van der Waals surface area contributed by atoms with Crippen LogP contribution < -0.4 is 5.32 Å². The van der Waals surface area contributed by atoms with Crippen molar-refractivity contribution in [3.8, 4) is 0 Å². The number of aryl methyl sites for hydroxylation is 1. The molecule has 148 valence electrons. The van der Waals surface area contributed by atoms with Crippen LogP contribution in [0.4, 0.5) is 4.39 Å². The quantitative estimate of drug-likeness (QED) is 0.784. The highest BCUT2D eigenvalue weighted by atomic mass is 19.1. The maximum absolute atomic E-state index is 14.0. The summed E-state index contributed by atoms with van der Waals surface area (Å²) < 4.78 is 25.1. The van der Waals surface area contributed by atoms with E-state index in [0.29, 0.717) is 24.2 Å². The third-order valence-electron chi connectivity index (χ3n) is 4.61. The fourth-order valence-corrected chi connectivity index (χ4v) is 3.20. The number of carbonyl (C=O) groups is 3. The predicted molar refractivity (Wildman–Crippen MR) is 95.4 cm³/mol. The smallest absolute Gasteiger partial charge is 0.341 e. The van der Waals surface area contributed by atoms with Gasteiger partial charge in [-0.15, -0.1) is 0 Å². The molecule has 0 saturated carbocycles. The molecule has 1 aliphatic heterocycles. The Bertz CT molecular complexity index is 938. The van der Waals surface area contributed by atoms with Gasteiger partial charge in [0.15, 0.2) is 0 Å². The van der Waals surface area contributed by atoms with Crippen molar-refractivity contribution < 1.29 is 28.2 Å². The van der Waals surface area contributed by atoms with Gasteiger partial charge in [-0.1, -0.05) is 0 Å². The van der Waals surface area contributed by atoms with Crippen LogP contribution in [0.25, 0.3) is 0 Å². The molecular formula is C19H20FN3O5. The molecule has 1 amide bonds. The summed E-state index contributed by atoms with van der Waals surface area (Å²) in [6.07, 6.45) is 2.63. The number of carbonyl (C=O) groups excluding carboxylic acids is 3. The Morgan fingerprint density at radius 1 is 1.18 bits per heavy atom. The van der Waals surface area contributed by atoms with Gasteiger partial charge in [0, 0.05) is 12.1 Å². The lowest BCUT2D eigenvalue weighted by atomic mass is 10.0. The van der Waals surface area contributed by atoms with Crippen LogP contribution in [-0.4, -0.2) is 41.8 Å². The highest BCUT2D eigenvalue weighted by Crippen LogP contribution is 2.22. The van der Waals surface area contributed by atoms with Crippen molar-refractivity contribution in [2.45, 2.75) is 32.4 Å². The zero-order valence-corrected chi connectivity index (χ0v) is 15.6. The molecule has 0 spiro atoms. The van der Waals surface area contributed by atoms with Gasteiger partial charge in [0.1, 0.15) is 11.4 Å². The maximum Gasteiger partial charge on any atom is 0.341 e. The number of amides is 1. The molecule has 8 nitrogen and oxygen atoms in total. The fourth-order valence-electron chi connectivity index (χ4n) is 3.20. The number of rotatable bonds is 5. The van der Waals surface area contributed by atoms with E-state index in [2.05, 4.69) is 15.2 Å². The van der Waals surface area contributed by atoms with Crippen molar-refractivity contribution in [3.63, 3.8) is 0 Å². The number of benzene rings is 1. The van der Waals surface area contributed by atoms with Crippen molar-refractivity contribution in [2.75, 3.05) is 14.2 Å². The number of nitrogens with zero attached hydrogens (tertiary/aromatic N) is 2. The third-order valence-corrected chi connectivity index (χ3v) is 4.61. The maximum atomic E-state index is 14.0. The van der Waals surface area contributed by atoms with Crippen molar-refractivity contribution in [1.82, 2.24) is 15.1 Å². The normalized spacial score (nSPS) is 12.8. The number of nitrogens with one attached hydrogen (secondary N) is 1. The molecule has 1 aliphatic rings. The largest absolute Gasteiger partial charge is 0.465 e. The van der Waals surface area contributed by atoms with Crippen molar-refractivity contribution in [1.29, 1.82) is 0 Å². The molecule has 0 atom stereocenters. The van der Waals surface area contributed by atoms with E-state index >= 15 is 0 Å². The van der Waals surface area contributed by atoms with Gasteiger partial charge in [0.2, 0.25) is 0 Å². The van der Waals surface area contributed by atoms with E-state index < -0.39 is 23.7 Å². The van der Waals surface area contributed by atoms with Gasteiger partial charge in [-0.05, 0) is 37.5 Å². The Morgan fingerprint density at radius 2 is 1.93 bits per heavy atom. The Balaban J connectivity index is 1.78. The lowest BCUT2D eigenvalue weighted by Gasteiger charge is -2.13. The van der Waals surface area contributed by atoms with Crippen LogP contribution >= 0.6 is 0 Å². The fraction of sp³-hybridized carbons (Fsp3) is 0.368. The molecule has 0 bridgehead atoms. The van der Waals surface area contributed by atoms with E-state index in [1.165, 1.54) is 19.2 Å². The molecule has 1 aromatic carbocycles. The minimum absolute atomic E-state index is 0.0103. The molecule has 3 rings (SSSR count). The van der Waals surface area contributed by atoms with Gasteiger partial charge in [0.25, 0.3) is 5.91 Å². The standard InChI is InChI=1S/C19H20FN3O5/c1-27-18(25)12-7-6-11(9-13(12)20)17(24)21-10-14-16(19(26)28-2)15-5-3-4-8-23(15)22-14/h6-7,9H,3-5,8,10H2,1-2H3,(H,21,24). The summed E-state index contributed by atoms with van der Waals surface area (Å²) in [5, 5.41) is 7.05. The molecular weight excluding hydrogens is 369 g/mol. The average Bonchev–Trinajstić information content (AvgIpc) is 3.09. The van der Waals surface area contributed by atoms with E-state index in [-0.39, 0.29) is 17.7 Å². The number of esters is 2. The van der Waals surface area contributed by atoms with Crippen LogP contribution in [0.2, 0.25) is 0 Å². The minimum Gasteiger partial charge on any atom is -0.465 e. The molecule has 0 saturated heterocycles. The Kier molecular flexibility index (Phi) is 5.72. The summed E-state index contributed by atoms with van der Waals surface area (Å²) in [7, 11) is 2.44. The molecule has 0 radical (unpaired) electrons.